The van der Waals surface area contributed by atoms with E-state index in [0.29, 0.717) is 5.57 Å². The van der Waals surface area contributed by atoms with Crippen molar-refractivity contribution in [2.24, 2.45) is 5.92 Å². The Kier molecular flexibility index (Phi) is 8.32. The SMILES string of the molecule is CCCCCC(CC)C(=C(C(=O)OC#N)c1ccccc1)c1ccccc1. The molecule has 140 valence electrons. The zero-order chi connectivity index (χ0) is 19.5. The first-order valence-corrected chi connectivity index (χ1v) is 9.68. The fourth-order valence-electron chi connectivity index (χ4n) is 3.48. The second kappa shape index (κ2) is 11.0. The van der Waals surface area contributed by atoms with Gasteiger partial charge in [-0.25, -0.2) is 4.79 Å². The van der Waals surface area contributed by atoms with E-state index in [-0.39, 0.29) is 5.92 Å². The molecule has 0 N–H and O–H groups in total. The lowest BCUT2D eigenvalue weighted by Crippen LogP contribution is -2.12. The van der Waals surface area contributed by atoms with Crippen molar-refractivity contribution in [3.63, 3.8) is 0 Å². The van der Waals surface area contributed by atoms with Crippen molar-refractivity contribution in [3.05, 3.63) is 71.8 Å². The molecule has 2 aromatic carbocycles. The number of hydrogen-bond donors (Lipinski definition) is 0. The molecule has 0 aromatic heterocycles. The lowest BCUT2D eigenvalue weighted by molar-refractivity contribution is -0.130. The van der Waals surface area contributed by atoms with Gasteiger partial charge in [-0.15, -0.1) is 5.26 Å². The molecule has 2 rings (SSSR count). The minimum atomic E-state index is -0.587. The number of carbonyl (C=O) groups is 1. The quantitative estimate of drug-likeness (QED) is 0.175. The molecule has 0 aliphatic carbocycles. The Hall–Kier alpha value is -2.86. The molecule has 2 aromatic rings. The Labute approximate surface area is 162 Å². The average molecular weight is 361 g/mol. The molecule has 3 nitrogen and oxygen atoms in total. The van der Waals surface area contributed by atoms with Crippen molar-refractivity contribution in [3.8, 4) is 6.26 Å². The van der Waals surface area contributed by atoms with E-state index >= 15 is 0 Å². The maximum Gasteiger partial charge on any atom is 0.354 e. The van der Waals surface area contributed by atoms with Crippen LogP contribution in [-0.4, -0.2) is 5.97 Å². The van der Waals surface area contributed by atoms with Crippen LogP contribution in [0, 0.1) is 17.4 Å². The highest BCUT2D eigenvalue weighted by Gasteiger charge is 2.25. The van der Waals surface area contributed by atoms with Crippen molar-refractivity contribution in [1.29, 1.82) is 5.26 Å². The fraction of sp³-hybridized carbons (Fsp3) is 0.333. The molecule has 0 bridgehead atoms. The molecule has 1 atom stereocenters. The van der Waals surface area contributed by atoms with Gasteiger partial charge in [-0.3, -0.25) is 0 Å². The summed E-state index contributed by atoms with van der Waals surface area (Å²) in [5.74, 6) is -0.364. The van der Waals surface area contributed by atoms with Crippen LogP contribution >= 0.6 is 0 Å². The number of carbonyl (C=O) groups excluding carboxylic acids is 1. The van der Waals surface area contributed by atoms with Gasteiger partial charge >= 0.3 is 5.97 Å². The average Bonchev–Trinajstić information content (AvgIpc) is 2.71. The first-order valence-electron chi connectivity index (χ1n) is 9.68. The van der Waals surface area contributed by atoms with Gasteiger partial charge in [-0.1, -0.05) is 93.8 Å². The normalized spacial score (nSPS) is 12.6. The second-order valence-electron chi connectivity index (χ2n) is 6.60. The molecule has 0 radical (unpaired) electrons. The van der Waals surface area contributed by atoms with Gasteiger partial charge in [0, 0.05) is 0 Å². The van der Waals surface area contributed by atoms with Crippen LogP contribution in [0.15, 0.2) is 60.7 Å². The maximum absolute atomic E-state index is 12.8. The van der Waals surface area contributed by atoms with E-state index in [1.54, 1.807) is 6.26 Å². The van der Waals surface area contributed by atoms with Crippen LogP contribution in [-0.2, 0) is 9.53 Å². The number of nitrogens with zero attached hydrogens (tertiary/aromatic N) is 1. The monoisotopic (exact) mass is 361 g/mol. The Balaban J connectivity index is 2.67. The third-order valence-electron chi connectivity index (χ3n) is 4.82. The summed E-state index contributed by atoms with van der Waals surface area (Å²) >= 11 is 0. The van der Waals surface area contributed by atoms with Gasteiger partial charge < -0.3 is 4.74 Å². The third-order valence-corrected chi connectivity index (χ3v) is 4.82. The largest absolute Gasteiger partial charge is 0.354 e. The number of esters is 1. The van der Waals surface area contributed by atoms with E-state index in [2.05, 4.69) is 13.8 Å². The van der Waals surface area contributed by atoms with Crippen LogP contribution < -0.4 is 0 Å². The van der Waals surface area contributed by atoms with Crippen LogP contribution in [0.1, 0.15) is 57.1 Å². The van der Waals surface area contributed by atoms with Crippen LogP contribution in [0.3, 0.4) is 0 Å². The molecule has 0 aliphatic heterocycles. The summed E-state index contributed by atoms with van der Waals surface area (Å²) in [4.78, 5) is 12.8. The van der Waals surface area contributed by atoms with Crippen molar-refractivity contribution < 1.29 is 9.53 Å². The van der Waals surface area contributed by atoms with Crippen molar-refractivity contribution >= 4 is 17.1 Å². The summed E-state index contributed by atoms with van der Waals surface area (Å²) in [6.45, 7) is 4.34. The number of allylic oxidation sites excluding steroid dienone is 1. The van der Waals surface area contributed by atoms with Crippen LogP contribution in [0.2, 0.25) is 0 Å². The topological polar surface area (TPSA) is 50.1 Å². The van der Waals surface area contributed by atoms with Gasteiger partial charge in [0.2, 0.25) is 0 Å². The van der Waals surface area contributed by atoms with E-state index < -0.39 is 5.97 Å². The fourth-order valence-corrected chi connectivity index (χ4v) is 3.48. The molecule has 0 amide bonds. The van der Waals surface area contributed by atoms with Crippen molar-refractivity contribution in [2.45, 2.75) is 46.0 Å². The number of nitriles is 1. The smallest absolute Gasteiger partial charge is 0.347 e. The van der Waals surface area contributed by atoms with Gasteiger partial charge in [0.25, 0.3) is 6.26 Å². The first kappa shape index (κ1) is 20.5. The molecule has 0 saturated heterocycles. The predicted octanol–water partition coefficient (Wildman–Crippen LogP) is 6.23. The standard InChI is InChI=1S/C24H27NO2/c1-3-5-8-13-19(4-2)22(20-14-9-6-10-15-20)23(24(26)27-18-25)21-16-11-7-12-17-21/h6-7,9-12,14-17,19H,3-5,8,13H2,1-2H3. The number of hydrogen-bond acceptors (Lipinski definition) is 3. The third kappa shape index (κ3) is 5.56. The molecule has 0 aliphatic rings. The Bertz CT molecular complexity index is 788. The summed E-state index contributed by atoms with van der Waals surface area (Å²) < 4.78 is 4.79. The lowest BCUT2D eigenvalue weighted by Gasteiger charge is -2.23. The minimum Gasteiger partial charge on any atom is -0.347 e. The number of benzene rings is 2. The van der Waals surface area contributed by atoms with Crippen molar-refractivity contribution in [2.75, 3.05) is 0 Å². The predicted molar refractivity (Wildman–Crippen MR) is 109 cm³/mol. The highest BCUT2D eigenvalue weighted by Crippen LogP contribution is 2.37. The van der Waals surface area contributed by atoms with Gasteiger partial charge in [0.15, 0.2) is 0 Å². The number of unbranched alkanes of at least 4 members (excludes halogenated alkanes) is 2. The molecule has 27 heavy (non-hydrogen) atoms. The van der Waals surface area contributed by atoms with E-state index in [9.17, 15) is 4.79 Å². The molecular weight excluding hydrogens is 334 g/mol. The van der Waals surface area contributed by atoms with Crippen LogP contribution in [0.25, 0.3) is 11.1 Å². The van der Waals surface area contributed by atoms with Crippen LogP contribution in [0.5, 0.6) is 0 Å². The zero-order valence-corrected chi connectivity index (χ0v) is 16.2. The highest BCUT2D eigenvalue weighted by atomic mass is 16.5. The van der Waals surface area contributed by atoms with E-state index in [1.165, 1.54) is 6.42 Å². The van der Waals surface area contributed by atoms with Crippen LogP contribution in [0.4, 0.5) is 0 Å². The highest BCUT2D eigenvalue weighted by molar-refractivity contribution is 6.25. The molecule has 1 unspecified atom stereocenters. The van der Waals surface area contributed by atoms with Gasteiger partial charge in [0.1, 0.15) is 0 Å². The molecule has 0 spiro atoms. The molecule has 0 heterocycles. The van der Waals surface area contributed by atoms with Gasteiger partial charge in [-0.05, 0) is 35.5 Å². The summed E-state index contributed by atoms with van der Waals surface area (Å²) in [6, 6.07) is 19.5. The molecule has 0 fully saturated rings. The summed E-state index contributed by atoms with van der Waals surface area (Å²) in [7, 11) is 0. The van der Waals surface area contributed by atoms with E-state index in [0.717, 1.165) is 42.4 Å². The Morgan fingerprint density at radius 3 is 2.07 bits per heavy atom. The number of rotatable bonds is 9. The zero-order valence-electron chi connectivity index (χ0n) is 16.2. The van der Waals surface area contributed by atoms with E-state index in [1.807, 2.05) is 60.7 Å². The maximum atomic E-state index is 12.8. The lowest BCUT2D eigenvalue weighted by atomic mass is 9.81. The molecular formula is C24H27NO2. The Morgan fingerprint density at radius 2 is 1.56 bits per heavy atom. The Morgan fingerprint density at radius 1 is 0.963 bits per heavy atom. The second-order valence-corrected chi connectivity index (χ2v) is 6.60. The first-order chi connectivity index (χ1) is 13.2. The minimum absolute atomic E-state index is 0.223. The number of ether oxygens (including phenoxy) is 1. The van der Waals surface area contributed by atoms with Gasteiger partial charge in [0.05, 0.1) is 5.57 Å². The van der Waals surface area contributed by atoms with Crippen molar-refractivity contribution in [1.82, 2.24) is 0 Å². The van der Waals surface area contributed by atoms with Gasteiger partial charge in [-0.2, -0.15) is 0 Å². The van der Waals surface area contributed by atoms with E-state index in [4.69, 9.17) is 10.00 Å². The summed E-state index contributed by atoms with van der Waals surface area (Å²) in [6.07, 6.45) is 6.91. The molecule has 3 heteroatoms. The summed E-state index contributed by atoms with van der Waals surface area (Å²) in [5.41, 5.74) is 3.26. The molecule has 0 saturated carbocycles. The summed E-state index contributed by atoms with van der Waals surface area (Å²) in [5, 5.41) is 8.94.